The summed E-state index contributed by atoms with van der Waals surface area (Å²) in [5, 5.41) is 13.3. The van der Waals surface area contributed by atoms with E-state index in [9.17, 15) is 4.79 Å². The zero-order valence-corrected chi connectivity index (χ0v) is 7.95. The summed E-state index contributed by atoms with van der Waals surface area (Å²) in [4.78, 5) is 11.6. The van der Waals surface area contributed by atoms with Crippen LogP contribution in [0.3, 0.4) is 0 Å². The van der Waals surface area contributed by atoms with Gasteiger partial charge in [0.1, 0.15) is 0 Å². The molecular weight excluding hydrogens is 180 g/mol. The van der Waals surface area contributed by atoms with Crippen molar-refractivity contribution in [2.24, 2.45) is 0 Å². The van der Waals surface area contributed by atoms with Crippen molar-refractivity contribution >= 4 is 5.91 Å². The molecule has 1 fully saturated rings. The van der Waals surface area contributed by atoms with E-state index >= 15 is 0 Å². The molecule has 5 nitrogen and oxygen atoms in total. The molecule has 2 rings (SSSR count). The highest BCUT2D eigenvalue weighted by Gasteiger charge is 2.33. The number of hydrogen-bond donors (Lipinski definition) is 2. The molecule has 0 aromatic carbocycles. The van der Waals surface area contributed by atoms with E-state index in [1.165, 1.54) is 12.4 Å². The highest BCUT2D eigenvalue weighted by molar-refractivity contribution is 5.94. The first-order valence-corrected chi connectivity index (χ1v) is 4.50. The average Bonchev–Trinajstić information content (AvgIpc) is 2.17. The monoisotopic (exact) mass is 192 g/mol. The first-order chi connectivity index (χ1) is 6.70. The van der Waals surface area contributed by atoms with Crippen LogP contribution in [-0.2, 0) is 0 Å². The molecule has 0 spiro atoms. The molecule has 0 bridgehead atoms. The number of hydrogen-bond acceptors (Lipinski definition) is 4. The Morgan fingerprint density at radius 1 is 1.57 bits per heavy atom. The smallest absolute Gasteiger partial charge is 0.253 e. The molecule has 0 saturated carbocycles. The molecule has 1 aliphatic heterocycles. The van der Waals surface area contributed by atoms with E-state index in [0.717, 1.165) is 13.1 Å². The van der Waals surface area contributed by atoms with Gasteiger partial charge in [0.25, 0.3) is 5.91 Å². The predicted molar refractivity (Wildman–Crippen MR) is 50.8 cm³/mol. The minimum Gasteiger partial charge on any atom is -0.344 e. The molecule has 0 unspecified atom stereocenters. The van der Waals surface area contributed by atoms with Crippen LogP contribution in [0.1, 0.15) is 17.3 Å². The van der Waals surface area contributed by atoms with Gasteiger partial charge in [-0.05, 0) is 13.0 Å². The minimum absolute atomic E-state index is 0.0936. The summed E-state index contributed by atoms with van der Waals surface area (Å²) in [6.07, 6.45) is 2.97. The van der Waals surface area contributed by atoms with Gasteiger partial charge in [0.15, 0.2) is 0 Å². The second kappa shape index (κ2) is 3.34. The van der Waals surface area contributed by atoms with Crippen molar-refractivity contribution in [3.05, 3.63) is 24.0 Å². The van der Waals surface area contributed by atoms with Crippen LogP contribution in [0, 0.1) is 0 Å². The van der Waals surface area contributed by atoms with Crippen LogP contribution in [-0.4, -0.2) is 34.7 Å². The SMILES string of the molecule is CC1(NC(=O)c2ccnnc2)CNC1. The number of carbonyl (C=O) groups is 1. The molecule has 14 heavy (non-hydrogen) atoms. The molecule has 2 heterocycles. The van der Waals surface area contributed by atoms with Crippen LogP contribution < -0.4 is 10.6 Å². The van der Waals surface area contributed by atoms with Crippen molar-refractivity contribution in [1.29, 1.82) is 0 Å². The van der Waals surface area contributed by atoms with Gasteiger partial charge < -0.3 is 10.6 Å². The summed E-state index contributed by atoms with van der Waals surface area (Å²) >= 11 is 0. The normalized spacial score (nSPS) is 18.4. The first-order valence-electron chi connectivity index (χ1n) is 4.50. The van der Waals surface area contributed by atoms with Crippen LogP contribution in [0.15, 0.2) is 18.5 Å². The third-order valence-electron chi connectivity index (χ3n) is 2.29. The van der Waals surface area contributed by atoms with Crippen molar-refractivity contribution in [2.75, 3.05) is 13.1 Å². The van der Waals surface area contributed by atoms with Crippen molar-refractivity contribution in [2.45, 2.75) is 12.5 Å². The fourth-order valence-electron chi connectivity index (χ4n) is 1.36. The molecule has 0 atom stereocenters. The molecule has 1 amide bonds. The Balaban J connectivity index is 2.03. The van der Waals surface area contributed by atoms with Crippen LogP contribution in [0.4, 0.5) is 0 Å². The quantitative estimate of drug-likeness (QED) is 0.667. The van der Waals surface area contributed by atoms with Gasteiger partial charge >= 0.3 is 0 Å². The Kier molecular flexibility index (Phi) is 2.17. The van der Waals surface area contributed by atoms with E-state index < -0.39 is 0 Å². The van der Waals surface area contributed by atoms with Crippen molar-refractivity contribution < 1.29 is 4.79 Å². The van der Waals surface area contributed by atoms with Gasteiger partial charge in [-0.15, -0.1) is 0 Å². The summed E-state index contributed by atoms with van der Waals surface area (Å²) in [6.45, 7) is 3.64. The Labute approximate surface area is 81.9 Å². The second-order valence-electron chi connectivity index (χ2n) is 3.75. The van der Waals surface area contributed by atoms with Gasteiger partial charge in [-0.2, -0.15) is 10.2 Å². The van der Waals surface area contributed by atoms with E-state index in [1.807, 2.05) is 6.92 Å². The first kappa shape index (κ1) is 9.08. The van der Waals surface area contributed by atoms with Crippen LogP contribution in [0.25, 0.3) is 0 Å². The Bertz CT molecular complexity index is 334. The standard InChI is InChI=1S/C9H12N4O/c1-9(5-10-6-9)13-8(14)7-2-3-11-12-4-7/h2-4,10H,5-6H2,1H3,(H,13,14). The Morgan fingerprint density at radius 2 is 2.36 bits per heavy atom. The summed E-state index contributed by atoms with van der Waals surface area (Å²) in [6, 6.07) is 1.65. The molecule has 1 saturated heterocycles. The topological polar surface area (TPSA) is 66.9 Å². The van der Waals surface area contributed by atoms with Crippen molar-refractivity contribution in [3.8, 4) is 0 Å². The highest BCUT2D eigenvalue weighted by atomic mass is 16.1. The summed E-state index contributed by atoms with van der Waals surface area (Å²) < 4.78 is 0. The Morgan fingerprint density at radius 3 is 2.86 bits per heavy atom. The number of nitrogens with one attached hydrogen (secondary N) is 2. The van der Waals surface area contributed by atoms with Gasteiger partial charge in [-0.25, -0.2) is 0 Å². The largest absolute Gasteiger partial charge is 0.344 e. The Hall–Kier alpha value is -1.49. The van der Waals surface area contributed by atoms with E-state index in [1.54, 1.807) is 6.07 Å². The molecule has 2 N–H and O–H groups in total. The van der Waals surface area contributed by atoms with Gasteiger partial charge in [-0.3, -0.25) is 4.79 Å². The lowest BCUT2D eigenvalue weighted by molar-refractivity contribution is 0.0871. The molecule has 1 aliphatic rings. The predicted octanol–water partition coefficient (Wildman–Crippen LogP) is -0.432. The summed E-state index contributed by atoms with van der Waals surface area (Å²) in [5.74, 6) is -0.0936. The zero-order valence-electron chi connectivity index (χ0n) is 7.95. The third-order valence-corrected chi connectivity index (χ3v) is 2.29. The molecule has 1 aromatic heterocycles. The van der Waals surface area contributed by atoms with Crippen molar-refractivity contribution in [3.63, 3.8) is 0 Å². The second-order valence-corrected chi connectivity index (χ2v) is 3.75. The average molecular weight is 192 g/mol. The van der Waals surface area contributed by atoms with Crippen LogP contribution in [0.2, 0.25) is 0 Å². The van der Waals surface area contributed by atoms with Gasteiger partial charge in [0.05, 0.1) is 23.5 Å². The summed E-state index contributed by atoms with van der Waals surface area (Å²) in [5.41, 5.74) is 0.438. The number of aromatic nitrogens is 2. The molecule has 0 radical (unpaired) electrons. The fraction of sp³-hybridized carbons (Fsp3) is 0.444. The number of nitrogens with zero attached hydrogens (tertiary/aromatic N) is 2. The lowest BCUT2D eigenvalue weighted by Gasteiger charge is -2.39. The van der Waals surface area contributed by atoms with Crippen molar-refractivity contribution in [1.82, 2.24) is 20.8 Å². The van der Waals surface area contributed by atoms with E-state index in [4.69, 9.17) is 0 Å². The lowest BCUT2D eigenvalue weighted by Crippen LogP contribution is -2.67. The van der Waals surface area contributed by atoms with E-state index in [-0.39, 0.29) is 11.4 Å². The molecule has 1 aromatic rings. The van der Waals surface area contributed by atoms with Gasteiger partial charge in [-0.1, -0.05) is 0 Å². The minimum atomic E-state index is -0.111. The van der Waals surface area contributed by atoms with Crippen LogP contribution in [0.5, 0.6) is 0 Å². The highest BCUT2D eigenvalue weighted by Crippen LogP contribution is 2.10. The molecular formula is C9H12N4O. The molecule has 74 valence electrons. The maximum atomic E-state index is 11.6. The third kappa shape index (κ3) is 1.72. The van der Waals surface area contributed by atoms with Gasteiger partial charge in [0.2, 0.25) is 0 Å². The maximum Gasteiger partial charge on any atom is 0.253 e. The maximum absolute atomic E-state index is 11.6. The summed E-state index contributed by atoms with van der Waals surface area (Å²) in [7, 11) is 0. The number of amides is 1. The zero-order chi connectivity index (χ0) is 10.0. The van der Waals surface area contributed by atoms with E-state index in [2.05, 4.69) is 20.8 Å². The molecule has 5 heteroatoms. The lowest BCUT2D eigenvalue weighted by atomic mass is 9.95. The van der Waals surface area contributed by atoms with Gasteiger partial charge in [0, 0.05) is 13.1 Å². The fourth-order valence-corrected chi connectivity index (χ4v) is 1.36. The van der Waals surface area contributed by atoms with E-state index in [0.29, 0.717) is 5.56 Å². The molecule has 0 aliphatic carbocycles. The van der Waals surface area contributed by atoms with Crippen LogP contribution >= 0.6 is 0 Å². The number of rotatable bonds is 2. The number of carbonyl (C=O) groups excluding carboxylic acids is 1.